The first-order valence-electron chi connectivity index (χ1n) is 19.6. The zero-order chi connectivity index (χ0) is 44.9. The third-order valence-corrected chi connectivity index (χ3v) is 10.0. The number of rotatable bonds is 24. The molecule has 21 nitrogen and oxygen atoms in total. The third-order valence-electron chi connectivity index (χ3n) is 9.42. The van der Waals surface area contributed by atoms with Crippen LogP contribution >= 0.6 is 7.82 Å². The standard InChI is InChI=1S/C37H65N8O13P/c1-22(2)17-25(41-35(52)28-11-10-14-45(28)29(47)12-15-57-37(7,8)13-16-56-36(4,5)6)32(49)40-26(18-24-19-39-21-44(24)9)33(50)42-27(20-46)34(51)43-30(31(38)48)23(3)58-59(53,54)55/h19,21-23,25-28,30,46H,10-18,20H2,1-9H3,(H2,38,48)(H,40,49)(H,41,52)(H,42,50)(H,43,51)(H2,53,54,55)/t23?,25-,26-,27-,28-,30-/m0/s1. The lowest BCUT2D eigenvalue weighted by molar-refractivity contribution is -0.141. The van der Waals surface area contributed by atoms with Gasteiger partial charge in [0.2, 0.25) is 35.4 Å². The molecule has 1 aliphatic heterocycles. The van der Waals surface area contributed by atoms with Crippen LogP contribution in [-0.2, 0) is 60.8 Å². The van der Waals surface area contributed by atoms with Crippen molar-refractivity contribution in [2.45, 2.75) is 141 Å². The predicted molar refractivity (Wildman–Crippen MR) is 213 cm³/mol. The van der Waals surface area contributed by atoms with E-state index < -0.39 is 85.9 Å². The van der Waals surface area contributed by atoms with Crippen LogP contribution in [0.5, 0.6) is 0 Å². The minimum atomic E-state index is -5.10. The second kappa shape index (κ2) is 22.6. The molecule has 1 aromatic rings. The first-order valence-corrected chi connectivity index (χ1v) is 21.1. The number of hydrogen-bond acceptors (Lipinski definition) is 12. The fourth-order valence-electron chi connectivity index (χ4n) is 6.23. The highest BCUT2D eigenvalue weighted by atomic mass is 31.2. The number of aliphatic hydroxyl groups excluding tert-OH is 1. The Balaban J connectivity index is 2.20. The molecule has 59 heavy (non-hydrogen) atoms. The average Bonchev–Trinajstić information content (AvgIpc) is 3.76. The highest BCUT2D eigenvalue weighted by molar-refractivity contribution is 7.46. The maximum atomic E-state index is 13.9. The Morgan fingerprint density at radius 3 is 2.08 bits per heavy atom. The van der Waals surface area contributed by atoms with Gasteiger partial charge in [-0.25, -0.2) is 9.55 Å². The van der Waals surface area contributed by atoms with Crippen LogP contribution in [0.25, 0.3) is 0 Å². The number of ether oxygens (including phenoxy) is 2. The number of primary amides is 1. The second-order valence-electron chi connectivity index (χ2n) is 16.7. The molecule has 6 atom stereocenters. The van der Waals surface area contributed by atoms with E-state index in [0.29, 0.717) is 38.1 Å². The molecule has 0 radical (unpaired) electrons. The Bertz CT molecular complexity index is 1640. The molecule has 0 bridgehead atoms. The number of nitrogens with one attached hydrogen (secondary N) is 4. The number of likely N-dealkylation sites (tertiary alicyclic amines) is 1. The molecule has 1 saturated heterocycles. The smallest absolute Gasteiger partial charge is 0.394 e. The van der Waals surface area contributed by atoms with Gasteiger partial charge >= 0.3 is 7.82 Å². The van der Waals surface area contributed by atoms with Crippen molar-refractivity contribution in [3.8, 4) is 0 Å². The molecule has 0 aliphatic carbocycles. The molecule has 0 saturated carbocycles. The Morgan fingerprint density at radius 1 is 0.932 bits per heavy atom. The first-order chi connectivity index (χ1) is 27.2. The number of nitrogens with two attached hydrogens (primary N) is 1. The van der Waals surface area contributed by atoms with Gasteiger partial charge in [-0.2, -0.15) is 0 Å². The summed E-state index contributed by atoms with van der Waals surface area (Å²) >= 11 is 0. The molecule has 2 heterocycles. The molecule has 0 aromatic carbocycles. The molecule has 0 spiro atoms. The maximum Gasteiger partial charge on any atom is 0.469 e. The van der Waals surface area contributed by atoms with E-state index in [0.717, 1.165) is 6.92 Å². The molecule has 2 rings (SSSR count). The summed E-state index contributed by atoms with van der Waals surface area (Å²) in [5.41, 5.74) is 4.97. The lowest BCUT2D eigenvalue weighted by Gasteiger charge is -2.30. The minimum Gasteiger partial charge on any atom is -0.394 e. The van der Waals surface area contributed by atoms with Gasteiger partial charge in [-0.15, -0.1) is 0 Å². The van der Waals surface area contributed by atoms with Crippen LogP contribution in [0, 0.1) is 5.92 Å². The van der Waals surface area contributed by atoms with E-state index in [1.165, 1.54) is 17.4 Å². The number of aryl methyl sites for hydroxylation is 1. The van der Waals surface area contributed by atoms with Gasteiger partial charge in [0, 0.05) is 38.5 Å². The monoisotopic (exact) mass is 860 g/mol. The molecular weight excluding hydrogens is 795 g/mol. The molecule has 1 aliphatic rings. The Kier molecular flexibility index (Phi) is 19.6. The summed E-state index contributed by atoms with van der Waals surface area (Å²) in [5, 5.41) is 19.9. The normalized spacial score (nSPS) is 17.4. The molecule has 1 unspecified atom stereocenters. The van der Waals surface area contributed by atoms with Crippen LogP contribution in [0.3, 0.4) is 0 Å². The first kappa shape index (κ1) is 51.2. The number of aliphatic hydroxyl groups is 1. The van der Waals surface area contributed by atoms with Gasteiger partial charge in [-0.05, 0) is 73.1 Å². The summed E-state index contributed by atoms with van der Waals surface area (Å²) in [4.78, 5) is 104. The third kappa shape index (κ3) is 18.0. The highest BCUT2D eigenvalue weighted by Gasteiger charge is 2.38. The van der Waals surface area contributed by atoms with Gasteiger partial charge in [0.25, 0.3) is 0 Å². The summed E-state index contributed by atoms with van der Waals surface area (Å²) in [7, 11) is -3.45. The van der Waals surface area contributed by atoms with Gasteiger partial charge in [-0.3, -0.25) is 33.3 Å². The summed E-state index contributed by atoms with van der Waals surface area (Å²) < 4.78 is 29.2. The Morgan fingerprint density at radius 2 is 1.54 bits per heavy atom. The lowest BCUT2D eigenvalue weighted by Crippen LogP contribution is -2.61. The molecule has 336 valence electrons. The number of aromatic nitrogens is 2. The molecule has 6 amide bonds. The zero-order valence-corrected chi connectivity index (χ0v) is 36.5. The Labute approximate surface area is 345 Å². The number of imidazole rings is 1. The van der Waals surface area contributed by atoms with Crippen LogP contribution in [-0.4, -0.2) is 139 Å². The number of phosphoric ester groups is 1. The summed E-state index contributed by atoms with van der Waals surface area (Å²) in [6.07, 6.45) is 2.93. The molecular formula is C37H65N8O13P. The van der Waals surface area contributed by atoms with Gasteiger partial charge in [0.1, 0.15) is 30.2 Å². The van der Waals surface area contributed by atoms with Crippen LogP contribution in [0.2, 0.25) is 0 Å². The van der Waals surface area contributed by atoms with E-state index >= 15 is 0 Å². The number of nitrogens with zero attached hydrogens (tertiary/aromatic N) is 3. The topological polar surface area (TPSA) is 303 Å². The van der Waals surface area contributed by atoms with Gasteiger partial charge < -0.3 is 60.8 Å². The van der Waals surface area contributed by atoms with E-state index in [1.807, 2.05) is 48.5 Å². The summed E-state index contributed by atoms with van der Waals surface area (Å²) in [6.45, 7) is 14.5. The lowest BCUT2D eigenvalue weighted by atomic mass is 10.0. The van der Waals surface area contributed by atoms with E-state index in [2.05, 4.69) is 30.8 Å². The van der Waals surface area contributed by atoms with Crippen LogP contribution in [0.15, 0.2) is 12.5 Å². The van der Waals surface area contributed by atoms with E-state index in [9.17, 15) is 38.4 Å². The van der Waals surface area contributed by atoms with Crippen molar-refractivity contribution in [1.29, 1.82) is 0 Å². The van der Waals surface area contributed by atoms with Gasteiger partial charge in [0.15, 0.2) is 0 Å². The van der Waals surface area contributed by atoms with E-state index in [-0.39, 0.29) is 43.3 Å². The minimum absolute atomic E-state index is 0.0459. The quantitative estimate of drug-likeness (QED) is 0.0597. The number of carbonyl (C=O) groups is 6. The number of carbonyl (C=O) groups excluding carboxylic acids is 6. The maximum absolute atomic E-state index is 13.9. The van der Waals surface area contributed by atoms with Crippen molar-refractivity contribution in [1.82, 2.24) is 35.7 Å². The van der Waals surface area contributed by atoms with Crippen LogP contribution < -0.4 is 27.0 Å². The van der Waals surface area contributed by atoms with Crippen molar-refractivity contribution < 1.29 is 62.2 Å². The van der Waals surface area contributed by atoms with E-state index in [4.69, 9.17) is 25.0 Å². The second-order valence-corrected chi connectivity index (χ2v) is 17.9. The molecule has 9 N–H and O–H groups in total. The van der Waals surface area contributed by atoms with Crippen molar-refractivity contribution in [3.05, 3.63) is 18.2 Å². The Hall–Kier alpha value is -3.98. The molecule has 1 aromatic heterocycles. The van der Waals surface area contributed by atoms with Crippen molar-refractivity contribution in [3.63, 3.8) is 0 Å². The summed E-state index contributed by atoms with van der Waals surface area (Å²) in [6, 6.07) is -6.89. The van der Waals surface area contributed by atoms with Crippen molar-refractivity contribution >= 4 is 43.3 Å². The zero-order valence-electron chi connectivity index (χ0n) is 35.6. The van der Waals surface area contributed by atoms with Crippen LogP contribution in [0.4, 0.5) is 0 Å². The number of hydrogen-bond donors (Lipinski definition) is 8. The fraction of sp³-hybridized carbons (Fsp3) is 0.757. The largest absolute Gasteiger partial charge is 0.469 e. The SMILES string of the molecule is CC(C)C[C@H](NC(=O)[C@@H]1CCCN1C(=O)CCOC(C)(C)CCOC(C)(C)C)C(=O)N[C@@H](Cc1cncn1C)C(=O)N[C@@H](CO)C(=O)N[C@H](C(N)=O)C(C)OP(=O)(O)O. The highest BCUT2D eigenvalue weighted by Crippen LogP contribution is 2.38. The average molecular weight is 861 g/mol. The molecule has 22 heteroatoms. The van der Waals surface area contributed by atoms with Crippen molar-refractivity contribution in [2.75, 3.05) is 26.4 Å². The van der Waals surface area contributed by atoms with E-state index in [1.54, 1.807) is 11.6 Å². The summed E-state index contributed by atoms with van der Waals surface area (Å²) in [5.74, 6) is -4.98. The van der Waals surface area contributed by atoms with Gasteiger partial charge in [-0.1, -0.05) is 13.8 Å². The van der Waals surface area contributed by atoms with Crippen molar-refractivity contribution in [2.24, 2.45) is 18.7 Å². The number of phosphoric acid groups is 1. The van der Waals surface area contributed by atoms with Crippen LogP contribution in [0.1, 0.15) is 93.2 Å². The fourth-order valence-corrected chi connectivity index (χ4v) is 6.79. The van der Waals surface area contributed by atoms with Gasteiger partial charge in [0.05, 0.1) is 43.3 Å². The molecule has 1 fully saturated rings. The number of amides is 6. The predicted octanol–water partition coefficient (Wildman–Crippen LogP) is -0.695.